The van der Waals surface area contributed by atoms with Crippen LogP contribution in [0.1, 0.15) is 37.5 Å². The van der Waals surface area contributed by atoms with Crippen molar-refractivity contribution in [1.82, 2.24) is 9.97 Å². The van der Waals surface area contributed by atoms with Gasteiger partial charge in [0, 0.05) is 28.7 Å². The summed E-state index contributed by atoms with van der Waals surface area (Å²) in [6.07, 6.45) is 6.29. The Morgan fingerprint density at radius 3 is 2.44 bits per heavy atom. The average Bonchev–Trinajstić information content (AvgIpc) is 3.32. The van der Waals surface area contributed by atoms with Crippen LogP contribution in [-0.4, -0.2) is 9.97 Å². The molecule has 0 saturated heterocycles. The second kappa shape index (κ2) is 7.81. The Labute approximate surface area is 199 Å². The topological polar surface area (TPSA) is 38.9 Å². The van der Waals surface area contributed by atoms with E-state index in [0.29, 0.717) is 0 Å². The van der Waals surface area contributed by atoms with Gasteiger partial charge in [-0.2, -0.15) is 0 Å². The smallest absolute Gasteiger partial charge is 0.160 e. The first kappa shape index (κ1) is 20.6. The van der Waals surface area contributed by atoms with Crippen LogP contribution >= 0.6 is 0 Å². The average molecular weight is 443 g/mol. The molecule has 0 aliphatic rings. The van der Waals surface area contributed by atoms with Gasteiger partial charge in [0.05, 0.1) is 12.0 Å². The highest BCUT2D eigenvalue weighted by molar-refractivity contribution is 6.09. The zero-order chi connectivity index (χ0) is 23.3. The van der Waals surface area contributed by atoms with E-state index in [4.69, 9.17) is 9.40 Å². The highest BCUT2D eigenvalue weighted by Gasteiger charge is 2.15. The van der Waals surface area contributed by atoms with E-state index >= 15 is 0 Å². The lowest BCUT2D eigenvalue weighted by Gasteiger charge is -2.19. The van der Waals surface area contributed by atoms with Crippen LogP contribution in [0, 0.1) is 0 Å². The van der Waals surface area contributed by atoms with E-state index in [-0.39, 0.29) is 5.41 Å². The molecule has 0 saturated carbocycles. The molecule has 0 N–H and O–H groups in total. The molecule has 3 aromatic heterocycles. The van der Waals surface area contributed by atoms with Gasteiger partial charge in [-0.05, 0) is 69.6 Å². The lowest BCUT2D eigenvalue weighted by atomic mass is 9.85. The molecule has 34 heavy (non-hydrogen) atoms. The molecule has 6 aromatic rings. The van der Waals surface area contributed by atoms with Gasteiger partial charge in [-0.15, -0.1) is 0 Å². The van der Waals surface area contributed by atoms with Crippen molar-refractivity contribution >= 4 is 32.6 Å². The Bertz CT molecular complexity index is 1670. The van der Waals surface area contributed by atoms with Gasteiger partial charge in [0.2, 0.25) is 0 Å². The fourth-order valence-corrected chi connectivity index (χ4v) is 4.71. The third-order valence-corrected chi connectivity index (χ3v) is 6.59. The summed E-state index contributed by atoms with van der Waals surface area (Å²) in [5.74, 6) is 0. The molecule has 3 nitrogen and oxygen atoms in total. The van der Waals surface area contributed by atoms with Crippen LogP contribution in [0.2, 0.25) is 0 Å². The largest absolute Gasteiger partial charge is 0.462 e. The number of rotatable bonds is 3. The molecule has 0 amide bonds. The van der Waals surface area contributed by atoms with Gasteiger partial charge in [0.1, 0.15) is 5.52 Å². The predicted octanol–water partition coefficient (Wildman–Crippen LogP) is 8.08. The summed E-state index contributed by atoms with van der Waals surface area (Å²) in [4.78, 5) is 9.30. The molecule has 0 radical (unpaired) electrons. The predicted molar refractivity (Wildman–Crippen MR) is 140 cm³/mol. The van der Waals surface area contributed by atoms with Gasteiger partial charge in [-0.3, -0.25) is 9.97 Å². The molecular formula is C31H26N2O. The first-order valence-corrected chi connectivity index (χ1v) is 11.7. The number of pyridine rings is 2. The molecule has 3 heteroatoms. The van der Waals surface area contributed by atoms with Crippen molar-refractivity contribution in [3.63, 3.8) is 0 Å². The first-order chi connectivity index (χ1) is 16.5. The van der Waals surface area contributed by atoms with Crippen LogP contribution in [0.15, 0.2) is 95.9 Å². The summed E-state index contributed by atoms with van der Waals surface area (Å²) < 4.78 is 5.70. The summed E-state index contributed by atoms with van der Waals surface area (Å²) >= 11 is 0. The van der Waals surface area contributed by atoms with Crippen LogP contribution in [-0.2, 0) is 11.8 Å². The maximum Gasteiger partial charge on any atom is 0.160 e. The second-order valence-corrected chi connectivity index (χ2v) is 10.0. The van der Waals surface area contributed by atoms with Crippen molar-refractivity contribution in [2.45, 2.75) is 32.6 Å². The lowest BCUT2D eigenvalue weighted by Crippen LogP contribution is -2.10. The quantitative estimate of drug-likeness (QED) is 0.278. The van der Waals surface area contributed by atoms with Crippen molar-refractivity contribution in [3.05, 3.63) is 108 Å². The Morgan fingerprint density at radius 1 is 0.735 bits per heavy atom. The van der Waals surface area contributed by atoms with Crippen LogP contribution < -0.4 is 0 Å². The van der Waals surface area contributed by atoms with Crippen molar-refractivity contribution in [1.29, 1.82) is 0 Å². The van der Waals surface area contributed by atoms with Gasteiger partial charge in [-0.1, -0.05) is 63.2 Å². The van der Waals surface area contributed by atoms with Gasteiger partial charge >= 0.3 is 0 Å². The lowest BCUT2D eigenvalue weighted by molar-refractivity contribution is 0.591. The van der Waals surface area contributed by atoms with Gasteiger partial charge in [-0.25, -0.2) is 0 Å². The first-order valence-electron chi connectivity index (χ1n) is 11.7. The molecule has 3 aromatic carbocycles. The Kier molecular flexibility index (Phi) is 4.73. The van der Waals surface area contributed by atoms with Gasteiger partial charge in [0.25, 0.3) is 0 Å². The summed E-state index contributed by atoms with van der Waals surface area (Å²) in [5, 5.41) is 4.66. The fourth-order valence-electron chi connectivity index (χ4n) is 4.71. The molecule has 6 rings (SSSR count). The minimum absolute atomic E-state index is 0.152. The minimum atomic E-state index is 0.152. The number of hydrogen-bond acceptors (Lipinski definition) is 3. The van der Waals surface area contributed by atoms with E-state index in [1.165, 1.54) is 27.5 Å². The number of aromatic nitrogens is 2. The standard InChI is InChI=1S/C31H26N2O/c1-31(2,3)25-9-8-22-16-20(6-7-23(22)18-25)15-21-10-13-32-28(17-21)27-19-24-11-14-34-30(24)29-26(27)5-4-12-33-29/h4-14,16-19H,15H2,1-3H3. The van der Waals surface area contributed by atoms with Crippen LogP contribution in [0.4, 0.5) is 0 Å². The zero-order valence-corrected chi connectivity index (χ0v) is 19.7. The monoisotopic (exact) mass is 442 g/mol. The van der Waals surface area contributed by atoms with Gasteiger partial charge in [0.15, 0.2) is 5.58 Å². The maximum atomic E-state index is 5.70. The molecule has 0 spiro atoms. The molecule has 0 fully saturated rings. The summed E-state index contributed by atoms with van der Waals surface area (Å²) in [6.45, 7) is 6.77. The second-order valence-electron chi connectivity index (χ2n) is 10.0. The third kappa shape index (κ3) is 3.63. The fraction of sp³-hybridized carbons (Fsp3) is 0.161. The van der Waals surface area contributed by atoms with Crippen molar-refractivity contribution in [2.75, 3.05) is 0 Å². The highest BCUT2D eigenvalue weighted by Crippen LogP contribution is 2.34. The molecule has 0 aliphatic carbocycles. The van der Waals surface area contributed by atoms with E-state index in [2.05, 4.69) is 86.4 Å². The van der Waals surface area contributed by atoms with Crippen molar-refractivity contribution < 1.29 is 4.42 Å². The molecule has 0 unspecified atom stereocenters. The highest BCUT2D eigenvalue weighted by atomic mass is 16.3. The van der Waals surface area contributed by atoms with Gasteiger partial charge < -0.3 is 4.42 Å². The summed E-state index contributed by atoms with van der Waals surface area (Å²) in [7, 11) is 0. The van der Waals surface area contributed by atoms with Crippen LogP contribution in [0.3, 0.4) is 0 Å². The number of hydrogen-bond donors (Lipinski definition) is 0. The SMILES string of the molecule is CC(C)(C)c1ccc2cc(Cc3ccnc(-c4cc5ccoc5c5ncccc45)c3)ccc2c1. The zero-order valence-electron chi connectivity index (χ0n) is 19.7. The number of fused-ring (bicyclic) bond motifs is 4. The van der Waals surface area contributed by atoms with E-state index in [1.54, 1.807) is 6.26 Å². The summed E-state index contributed by atoms with van der Waals surface area (Å²) in [5.41, 5.74) is 7.77. The molecule has 0 atom stereocenters. The van der Waals surface area contributed by atoms with Crippen molar-refractivity contribution in [2.24, 2.45) is 0 Å². The van der Waals surface area contributed by atoms with E-state index in [1.807, 2.05) is 24.5 Å². The number of benzene rings is 3. The molecule has 0 aliphatic heterocycles. The molecule has 0 bridgehead atoms. The van der Waals surface area contributed by atoms with Crippen LogP contribution in [0.5, 0.6) is 0 Å². The third-order valence-electron chi connectivity index (χ3n) is 6.59. The number of furan rings is 1. The summed E-state index contributed by atoms with van der Waals surface area (Å²) in [6, 6.07) is 26.1. The Hall–Kier alpha value is -3.98. The molecule has 166 valence electrons. The van der Waals surface area contributed by atoms with E-state index in [0.717, 1.165) is 39.6 Å². The Morgan fingerprint density at radius 2 is 1.56 bits per heavy atom. The maximum absolute atomic E-state index is 5.70. The van der Waals surface area contributed by atoms with E-state index < -0.39 is 0 Å². The number of nitrogens with zero attached hydrogens (tertiary/aromatic N) is 2. The molecular weight excluding hydrogens is 416 g/mol. The Balaban J connectivity index is 1.37. The van der Waals surface area contributed by atoms with Crippen molar-refractivity contribution in [3.8, 4) is 11.3 Å². The van der Waals surface area contributed by atoms with Crippen LogP contribution in [0.25, 0.3) is 43.9 Å². The minimum Gasteiger partial charge on any atom is -0.462 e. The van der Waals surface area contributed by atoms with E-state index in [9.17, 15) is 0 Å². The molecule has 3 heterocycles. The normalized spacial score (nSPS) is 12.1.